The van der Waals surface area contributed by atoms with Crippen molar-refractivity contribution in [1.29, 1.82) is 0 Å². The van der Waals surface area contributed by atoms with Gasteiger partial charge in [0.25, 0.3) is 0 Å². The summed E-state index contributed by atoms with van der Waals surface area (Å²) in [6, 6.07) is 18.2. The fourth-order valence-corrected chi connectivity index (χ4v) is 11.7. The molecule has 0 bridgehead atoms. The van der Waals surface area contributed by atoms with E-state index in [1.54, 1.807) is 21.9 Å². The number of aryl methyl sites for hydroxylation is 1. The Kier molecular flexibility index (Phi) is 6.37. The van der Waals surface area contributed by atoms with Gasteiger partial charge in [-0.1, -0.05) is 87.0 Å². The monoisotopic (exact) mass is 482 g/mol. The van der Waals surface area contributed by atoms with E-state index in [1.807, 2.05) is 0 Å². The lowest BCUT2D eigenvalue weighted by Crippen LogP contribution is -2.45. The fourth-order valence-electron chi connectivity index (χ4n) is 7.87. The molecule has 0 atom stereocenters. The molecule has 6 rings (SSSR count). The first-order valence-corrected chi connectivity index (χ1v) is 17.5. The van der Waals surface area contributed by atoms with Crippen molar-refractivity contribution in [3.63, 3.8) is 0 Å². The topological polar surface area (TPSA) is 3.88 Å². The summed E-state index contributed by atoms with van der Waals surface area (Å²) in [5.74, 6) is 1.53. The number of pyridine rings is 1. The lowest BCUT2D eigenvalue weighted by atomic mass is 9.84. The number of fused-ring (bicyclic) bond motifs is 1. The van der Waals surface area contributed by atoms with Gasteiger partial charge in [0.2, 0.25) is 5.69 Å². The Bertz CT molecular complexity index is 1220. The van der Waals surface area contributed by atoms with Crippen LogP contribution in [0.4, 0.5) is 0 Å². The van der Waals surface area contributed by atoms with Crippen molar-refractivity contribution < 1.29 is 4.57 Å². The normalized spacial score (nSPS) is 21.2. The molecule has 3 fully saturated rings. The van der Waals surface area contributed by atoms with Gasteiger partial charge in [0.15, 0.2) is 6.20 Å². The van der Waals surface area contributed by atoms with Gasteiger partial charge in [0.05, 0.1) is 19.0 Å². The highest BCUT2D eigenvalue weighted by atomic mass is 28.3. The van der Waals surface area contributed by atoms with Gasteiger partial charge in [0, 0.05) is 6.07 Å². The first-order valence-electron chi connectivity index (χ1n) is 14.6. The SMILES string of the molecule is Cc1c(-c2c3ccc([Si]4(C)CCCCC4)cc3cc[n+]2C)cc(C2CCCC2)cc1C1CCCC1. The van der Waals surface area contributed by atoms with Gasteiger partial charge in [0.1, 0.15) is 7.05 Å². The predicted octanol–water partition coefficient (Wildman–Crippen LogP) is 8.42. The van der Waals surface area contributed by atoms with E-state index in [2.05, 4.69) is 67.7 Å². The van der Waals surface area contributed by atoms with Crippen LogP contribution in [0.5, 0.6) is 0 Å². The molecule has 1 aromatic heterocycles. The third-order valence-corrected chi connectivity index (χ3v) is 14.8. The summed E-state index contributed by atoms with van der Waals surface area (Å²) in [7, 11) is 0.949. The van der Waals surface area contributed by atoms with Crippen LogP contribution in [0.25, 0.3) is 22.0 Å². The van der Waals surface area contributed by atoms with Crippen LogP contribution in [0.1, 0.15) is 99.2 Å². The van der Waals surface area contributed by atoms with E-state index in [9.17, 15) is 0 Å². The van der Waals surface area contributed by atoms with E-state index in [0.29, 0.717) is 0 Å². The Morgan fingerprint density at radius 2 is 1.46 bits per heavy atom. The lowest BCUT2D eigenvalue weighted by Gasteiger charge is -2.32. The highest BCUT2D eigenvalue weighted by Gasteiger charge is 2.32. The van der Waals surface area contributed by atoms with Gasteiger partial charge in [-0.2, -0.15) is 0 Å². The Hall–Kier alpha value is -1.93. The zero-order valence-corrected chi connectivity index (χ0v) is 23.3. The predicted molar refractivity (Wildman–Crippen MR) is 152 cm³/mol. The molecule has 184 valence electrons. The molecule has 1 saturated heterocycles. The lowest BCUT2D eigenvalue weighted by molar-refractivity contribution is -0.659. The molecule has 0 spiro atoms. The van der Waals surface area contributed by atoms with Crippen LogP contribution in [0.2, 0.25) is 18.6 Å². The third kappa shape index (κ3) is 4.30. The maximum Gasteiger partial charge on any atom is 0.220 e. The largest absolute Gasteiger partial charge is 0.220 e. The van der Waals surface area contributed by atoms with Crippen LogP contribution in [0.3, 0.4) is 0 Å². The zero-order valence-electron chi connectivity index (χ0n) is 22.3. The fraction of sp³-hybridized carbons (Fsp3) is 0.545. The number of hydrogen-bond donors (Lipinski definition) is 0. The highest BCUT2D eigenvalue weighted by molar-refractivity contribution is 6.91. The Balaban J connectivity index is 1.51. The second-order valence-electron chi connectivity index (χ2n) is 12.4. The molecule has 2 saturated carbocycles. The van der Waals surface area contributed by atoms with Crippen LogP contribution in [0, 0.1) is 6.92 Å². The van der Waals surface area contributed by atoms with Crippen molar-refractivity contribution >= 4 is 24.0 Å². The molecule has 2 heterocycles. The van der Waals surface area contributed by atoms with Crippen molar-refractivity contribution in [2.45, 2.75) is 108 Å². The summed E-state index contributed by atoms with van der Waals surface area (Å²) in [5, 5.41) is 4.58. The van der Waals surface area contributed by atoms with Crippen LogP contribution in [-0.4, -0.2) is 8.07 Å². The van der Waals surface area contributed by atoms with E-state index in [-0.39, 0.29) is 0 Å². The molecule has 2 aliphatic carbocycles. The third-order valence-electron chi connectivity index (χ3n) is 10.1. The number of nitrogens with zero attached hydrogens (tertiary/aromatic N) is 1. The average Bonchev–Trinajstić information content (AvgIpc) is 3.60. The van der Waals surface area contributed by atoms with Gasteiger partial charge < -0.3 is 0 Å². The van der Waals surface area contributed by atoms with Crippen molar-refractivity contribution in [1.82, 2.24) is 0 Å². The number of rotatable bonds is 4. The summed E-state index contributed by atoms with van der Waals surface area (Å²) in [5.41, 5.74) is 7.76. The quantitative estimate of drug-likeness (QED) is 0.259. The molecular formula is C33H44NSi+. The van der Waals surface area contributed by atoms with Crippen LogP contribution < -0.4 is 9.75 Å². The smallest absolute Gasteiger partial charge is 0.200 e. The molecule has 0 unspecified atom stereocenters. The van der Waals surface area contributed by atoms with E-state index in [4.69, 9.17) is 0 Å². The molecule has 3 aromatic rings. The maximum atomic E-state index is 2.64. The van der Waals surface area contributed by atoms with E-state index < -0.39 is 8.07 Å². The first-order chi connectivity index (χ1) is 17.0. The van der Waals surface area contributed by atoms with Crippen molar-refractivity contribution in [3.8, 4) is 11.3 Å². The molecule has 0 N–H and O–H groups in total. The maximum absolute atomic E-state index is 2.64. The van der Waals surface area contributed by atoms with Gasteiger partial charge in [-0.3, -0.25) is 0 Å². The minimum absolute atomic E-state index is 0.763. The molecule has 1 nitrogen and oxygen atoms in total. The summed E-state index contributed by atoms with van der Waals surface area (Å²) < 4.78 is 2.40. The molecule has 3 aliphatic rings. The molecule has 2 heteroatoms. The van der Waals surface area contributed by atoms with E-state index >= 15 is 0 Å². The Labute approximate surface area is 214 Å². The van der Waals surface area contributed by atoms with Gasteiger partial charge >= 0.3 is 0 Å². The van der Waals surface area contributed by atoms with E-state index in [0.717, 1.165) is 11.8 Å². The molecule has 0 amide bonds. The van der Waals surface area contributed by atoms with Crippen LogP contribution in [0.15, 0.2) is 42.6 Å². The summed E-state index contributed by atoms with van der Waals surface area (Å²) in [4.78, 5) is 0. The Morgan fingerprint density at radius 3 is 2.17 bits per heavy atom. The summed E-state index contributed by atoms with van der Waals surface area (Å²) in [6.07, 6.45) is 17.8. The molecule has 0 radical (unpaired) electrons. The number of hydrogen-bond acceptors (Lipinski definition) is 0. The van der Waals surface area contributed by atoms with Crippen molar-refractivity contribution in [2.24, 2.45) is 7.05 Å². The van der Waals surface area contributed by atoms with Crippen LogP contribution in [-0.2, 0) is 7.05 Å². The minimum Gasteiger partial charge on any atom is -0.200 e. The Morgan fingerprint density at radius 1 is 0.771 bits per heavy atom. The van der Waals surface area contributed by atoms with E-state index in [1.165, 1.54) is 105 Å². The molecular weight excluding hydrogens is 438 g/mol. The second kappa shape index (κ2) is 9.50. The molecule has 35 heavy (non-hydrogen) atoms. The van der Waals surface area contributed by atoms with Gasteiger partial charge in [-0.15, -0.1) is 0 Å². The summed E-state index contributed by atoms with van der Waals surface area (Å²) >= 11 is 0. The van der Waals surface area contributed by atoms with Gasteiger partial charge in [-0.25, -0.2) is 4.57 Å². The zero-order chi connectivity index (χ0) is 24.0. The highest BCUT2D eigenvalue weighted by Crippen LogP contribution is 2.43. The summed E-state index contributed by atoms with van der Waals surface area (Å²) in [6.45, 7) is 5.06. The van der Waals surface area contributed by atoms with Crippen LogP contribution >= 0.6 is 0 Å². The molecule has 2 aromatic carbocycles. The number of aromatic nitrogens is 1. The van der Waals surface area contributed by atoms with Crippen molar-refractivity contribution in [3.05, 3.63) is 59.3 Å². The van der Waals surface area contributed by atoms with Crippen molar-refractivity contribution in [2.75, 3.05) is 0 Å². The van der Waals surface area contributed by atoms with Gasteiger partial charge in [-0.05, 0) is 78.7 Å². The molecule has 1 aliphatic heterocycles. The number of benzene rings is 2. The standard InChI is InChI=1S/C33H44NSi/c1-24-31(26-13-7-8-14-26)22-28(25-11-5-6-12-25)23-32(24)33-30-16-15-29(21-27(30)17-18-34(33)2)35(3)19-9-4-10-20-35/h15-18,21-23,25-26H,4-14,19-20H2,1-3H3/q+1. The first kappa shape index (κ1) is 23.5. The second-order valence-corrected chi connectivity index (χ2v) is 17.1. The minimum atomic E-state index is -1.31. The average molecular weight is 483 g/mol.